The van der Waals surface area contributed by atoms with Gasteiger partial charge in [-0.1, -0.05) is 0 Å². The van der Waals surface area contributed by atoms with Gasteiger partial charge in [-0.05, 0) is 86.3 Å². The van der Waals surface area contributed by atoms with Crippen LogP contribution in [0.3, 0.4) is 0 Å². The van der Waals surface area contributed by atoms with Crippen LogP contribution in [0, 0.1) is 27.7 Å². The van der Waals surface area contributed by atoms with E-state index in [9.17, 15) is 39.0 Å². The van der Waals surface area contributed by atoms with Crippen molar-refractivity contribution >= 4 is 35.1 Å². The number of esters is 2. The molecule has 0 aromatic heterocycles. The number of rotatable bonds is 3. The molecule has 0 fully saturated rings. The van der Waals surface area contributed by atoms with Crippen molar-refractivity contribution in [3.8, 4) is 22.6 Å². The van der Waals surface area contributed by atoms with Crippen molar-refractivity contribution in [3.05, 3.63) is 114 Å². The van der Waals surface area contributed by atoms with Crippen molar-refractivity contribution in [2.75, 3.05) is 14.2 Å². The minimum Gasteiger partial charge on any atom is -0.506 e. The minimum absolute atomic E-state index is 0.0107. The highest BCUT2D eigenvalue weighted by Crippen LogP contribution is 2.50. The molecule has 0 saturated heterocycles. The number of aryl methyl sites for hydroxylation is 4. The average Bonchev–Trinajstić information content (AvgIpc) is 3.03. The summed E-state index contributed by atoms with van der Waals surface area (Å²) in [5, 5.41) is 23.4. The summed E-state index contributed by atoms with van der Waals surface area (Å²) in [6, 6.07) is 8.14. The van der Waals surface area contributed by atoms with Crippen molar-refractivity contribution in [2.24, 2.45) is 0 Å². The molecule has 46 heavy (non-hydrogen) atoms. The number of methoxy groups -OCH3 is 2. The summed E-state index contributed by atoms with van der Waals surface area (Å²) in [4.78, 5) is 82.4. The van der Waals surface area contributed by atoms with Gasteiger partial charge in [0, 0.05) is 55.6 Å². The Labute approximate surface area is 262 Å². The number of ether oxygens (including phenoxy) is 2. The van der Waals surface area contributed by atoms with E-state index in [1.54, 1.807) is 39.8 Å². The Kier molecular flexibility index (Phi) is 6.77. The van der Waals surface area contributed by atoms with E-state index in [1.165, 1.54) is 12.1 Å². The first-order chi connectivity index (χ1) is 21.7. The van der Waals surface area contributed by atoms with Crippen LogP contribution in [0.2, 0.25) is 0 Å². The van der Waals surface area contributed by atoms with Crippen LogP contribution in [-0.4, -0.2) is 59.5 Å². The molecule has 0 saturated carbocycles. The standard InChI is InChI=1S/C36H26O10/c1-13-7-17-19(9-15(13)3)31(39)25-21(29(17)37)11-23(35(43)45-5)33(41)27(25)28-26-22(12-24(34(28)42)36(44)46-6)30(38)18-8-14(2)16(4)10-20(18)32(26)40/h7-12,41-42H,1-6H3. The molecule has 230 valence electrons. The molecule has 2 aliphatic carbocycles. The third-order valence-corrected chi connectivity index (χ3v) is 8.85. The molecule has 0 radical (unpaired) electrons. The Balaban J connectivity index is 1.82. The maximum atomic E-state index is 14.3. The van der Waals surface area contributed by atoms with Crippen LogP contribution >= 0.6 is 0 Å². The number of phenols is 2. The van der Waals surface area contributed by atoms with Crippen LogP contribution in [0.15, 0.2) is 36.4 Å². The molecule has 0 amide bonds. The molecule has 10 heteroatoms. The number of hydrogen-bond donors (Lipinski definition) is 2. The zero-order chi connectivity index (χ0) is 33.5. The minimum atomic E-state index is -1.09. The van der Waals surface area contributed by atoms with Crippen molar-refractivity contribution < 1.29 is 48.5 Å². The Morgan fingerprint density at radius 2 is 0.739 bits per heavy atom. The van der Waals surface area contributed by atoms with E-state index >= 15 is 0 Å². The lowest BCUT2D eigenvalue weighted by Gasteiger charge is -2.27. The van der Waals surface area contributed by atoms with E-state index in [-0.39, 0.29) is 33.4 Å². The van der Waals surface area contributed by atoms with Crippen LogP contribution in [0.4, 0.5) is 0 Å². The van der Waals surface area contributed by atoms with Gasteiger partial charge in [0.15, 0.2) is 23.1 Å². The van der Waals surface area contributed by atoms with Gasteiger partial charge in [-0.2, -0.15) is 0 Å². The van der Waals surface area contributed by atoms with E-state index < -0.39 is 80.0 Å². The third-order valence-electron chi connectivity index (χ3n) is 8.85. The molecule has 0 heterocycles. The summed E-state index contributed by atoms with van der Waals surface area (Å²) in [5.41, 5.74) is -0.872. The Bertz CT molecular complexity index is 2030. The first kappa shape index (κ1) is 30.1. The molecule has 4 aromatic rings. The first-order valence-corrected chi connectivity index (χ1v) is 14.1. The quantitative estimate of drug-likeness (QED) is 0.255. The SMILES string of the molecule is COC(=O)c1cc2c(c(-c3c(O)c(C(=O)OC)cc4c3C(=O)c3cc(C)c(C)cc3C4=O)c1O)C(=O)c1cc(C)c(C)cc1C2=O. The summed E-state index contributed by atoms with van der Waals surface area (Å²) in [7, 11) is 2.08. The summed E-state index contributed by atoms with van der Waals surface area (Å²) >= 11 is 0. The predicted molar refractivity (Wildman–Crippen MR) is 163 cm³/mol. The first-order valence-electron chi connectivity index (χ1n) is 14.1. The second-order valence-electron chi connectivity index (χ2n) is 11.4. The third kappa shape index (κ3) is 4.03. The predicted octanol–water partition coefficient (Wildman–Crippen LogP) is 5.12. The van der Waals surface area contributed by atoms with Crippen molar-refractivity contribution in [1.29, 1.82) is 0 Å². The van der Waals surface area contributed by atoms with Crippen molar-refractivity contribution in [3.63, 3.8) is 0 Å². The number of hydrogen-bond acceptors (Lipinski definition) is 10. The lowest BCUT2D eigenvalue weighted by molar-refractivity contribution is 0.0587. The second-order valence-corrected chi connectivity index (χ2v) is 11.4. The van der Waals surface area contributed by atoms with E-state index in [1.807, 2.05) is 0 Å². The van der Waals surface area contributed by atoms with E-state index in [0.717, 1.165) is 37.5 Å². The molecule has 6 rings (SSSR count). The van der Waals surface area contributed by atoms with Gasteiger partial charge in [0.1, 0.15) is 22.6 Å². The van der Waals surface area contributed by atoms with Gasteiger partial charge in [-0.3, -0.25) is 19.2 Å². The van der Waals surface area contributed by atoms with E-state index in [2.05, 4.69) is 0 Å². The second kappa shape index (κ2) is 10.3. The molecule has 0 bridgehead atoms. The van der Waals surface area contributed by atoms with Crippen LogP contribution < -0.4 is 0 Å². The Morgan fingerprint density at radius 1 is 0.457 bits per heavy atom. The monoisotopic (exact) mass is 618 g/mol. The molecule has 2 N–H and O–H groups in total. The van der Waals surface area contributed by atoms with Gasteiger partial charge in [-0.25, -0.2) is 9.59 Å². The zero-order valence-corrected chi connectivity index (χ0v) is 25.6. The number of aromatic hydroxyl groups is 2. The molecule has 0 atom stereocenters. The number of fused-ring (bicyclic) bond motifs is 4. The largest absolute Gasteiger partial charge is 0.506 e. The van der Waals surface area contributed by atoms with E-state index in [0.29, 0.717) is 11.1 Å². The molecule has 2 aliphatic rings. The normalized spacial score (nSPS) is 13.1. The zero-order valence-electron chi connectivity index (χ0n) is 25.6. The fraction of sp³-hybridized carbons (Fsp3) is 0.167. The maximum absolute atomic E-state index is 14.3. The number of ketones is 4. The summed E-state index contributed by atoms with van der Waals surface area (Å²) < 4.78 is 9.69. The maximum Gasteiger partial charge on any atom is 0.341 e. The molecular formula is C36H26O10. The van der Waals surface area contributed by atoms with Crippen LogP contribution in [-0.2, 0) is 9.47 Å². The molecule has 0 unspecified atom stereocenters. The smallest absolute Gasteiger partial charge is 0.341 e. The highest BCUT2D eigenvalue weighted by Gasteiger charge is 2.42. The molecule has 10 nitrogen and oxygen atoms in total. The van der Waals surface area contributed by atoms with Crippen LogP contribution in [0.25, 0.3) is 11.1 Å². The van der Waals surface area contributed by atoms with Crippen LogP contribution in [0.1, 0.15) is 107 Å². The van der Waals surface area contributed by atoms with Crippen LogP contribution in [0.5, 0.6) is 11.5 Å². The Morgan fingerprint density at radius 3 is 1.02 bits per heavy atom. The average molecular weight is 619 g/mol. The van der Waals surface area contributed by atoms with Crippen molar-refractivity contribution in [2.45, 2.75) is 27.7 Å². The summed E-state index contributed by atoms with van der Waals surface area (Å²) in [5.74, 6) is -6.87. The fourth-order valence-corrected chi connectivity index (χ4v) is 6.14. The highest BCUT2D eigenvalue weighted by atomic mass is 16.5. The van der Waals surface area contributed by atoms with Gasteiger partial charge < -0.3 is 19.7 Å². The van der Waals surface area contributed by atoms with Gasteiger partial charge in [0.05, 0.1) is 14.2 Å². The van der Waals surface area contributed by atoms with Gasteiger partial charge in [-0.15, -0.1) is 0 Å². The van der Waals surface area contributed by atoms with Crippen molar-refractivity contribution in [1.82, 2.24) is 0 Å². The number of benzene rings is 4. The van der Waals surface area contributed by atoms with Gasteiger partial charge in [0.25, 0.3) is 0 Å². The summed E-state index contributed by atoms with van der Waals surface area (Å²) in [6.45, 7) is 7.01. The number of phenolic OH excluding ortho intramolecular Hbond substituents is 2. The lowest BCUT2D eigenvalue weighted by atomic mass is 9.74. The topological polar surface area (TPSA) is 161 Å². The Hall–Kier alpha value is -5.90. The summed E-state index contributed by atoms with van der Waals surface area (Å²) in [6.07, 6.45) is 0. The molecular weight excluding hydrogens is 592 g/mol. The fourth-order valence-electron chi connectivity index (χ4n) is 6.14. The number of carbonyl (C=O) groups excluding carboxylic acids is 6. The molecule has 4 aromatic carbocycles. The molecule has 0 aliphatic heterocycles. The molecule has 0 spiro atoms. The highest BCUT2D eigenvalue weighted by molar-refractivity contribution is 6.35. The van der Waals surface area contributed by atoms with E-state index in [4.69, 9.17) is 9.47 Å². The number of carbonyl (C=O) groups is 6. The van der Waals surface area contributed by atoms with Gasteiger partial charge in [0.2, 0.25) is 0 Å². The van der Waals surface area contributed by atoms with Gasteiger partial charge >= 0.3 is 11.9 Å². The lowest BCUT2D eigenvalue weighted by Crippen LogP contribution is -2.26.